The zero-order chi connectivity index (χ0) is 15.0. The van der Waals surface area contributed by atoms with Gasteiger partial charge >= 0.3 is 6.18 Å². The highest BCUT2D eigenvalue weighted by Crippen LogP contribution is 2.34. The van der Waals surface area contributed by atoms with Crippen molar-refractivity contribution in [2.24, 2.45) is 0 Å². The summed E-state index contributed by atoms with van der Waals surface area (Å²) in [5, 5.41) is 0. The highest BCUT2D eigenvalue weighted by molar-refractivity contribution is 5.57. The summed E-state index contributed by atoms with van der Waals surface area (Å²) < 4.78 is 39.1. The Kier molecular flexibility index (Phi) is 3.27. The number of halogens is 3. The fourth-order valence-corrected chi connectivity index (χ4v) is 2.04. The lowest BCUT2D eigenvalue weighted by Gasteiger charge is -2.19. The van der Waals surface area contributed by atoms with Crippen molar-refractivity contribution in [3.8, 4) is 11.4 Å². The van der Waals surface area contributed by atoms with Crippen molar-refractivity contribution in [3.05, 3.63) is 36.3 Å². The second kappa shape index (κ2) is 4.98. The molecule has 7 heteroatoms. The van der Waals surface area contributed by atoms with Gasteiger partial charge in [0.1, 0.15) is 5.82 Å². The summed E-state index contributed by atoms with van der Waals surface area (Å²) in [5.74, 6) is 0.362. The van der Waals surface area contributed by atoms with Crippen LogP contribution in [-0.2, 0) is 6.18 Å². The first-order valence-corrected chi connectivity index (χ1v) is 6.54. The highest BCUT2D eigenvalue weighted by atomic mass is 19.4. The predicted molar refractivity (Wildman–Crippen MR) is 71.7 cm³/mol. The van der Waals surface area contributed by atoms with E-state index in [1.807, 2.05) is 0 Å². The minimum atomic E-state index is -4.50. The number of anilines is 1. The molecule has 0 atom stereocenters. The highest BCUT2D eigenvalue weighted by Gasteiger charge is 2.35. The van der Waals surface area contributed by atoms with Crippen LogP contribution < -0.4 is 4.90 Å². The fourth-order valence-electron chi connectivity index (χ4n) is 2.04. The molecule has 0 radical (unpaired) electrons. The van der Waals surface area contributed by atoms with Crippen LogP contribution in [0.1, 0.15) is 18.5 Å². The summed E-state index contributed by atoms with van der Waals surface area (Å²) in [6.45, 7) is 0. The van der Waals surface area contributed by atoms with Crippen LogP contribution in [0.25, 0.3) is 11.4 Å². The van der Waals surface area contributed by atoms with E-state index >= 15 is 0 Å². The molecule has 0 N–H and O–H groups in total. The van der Waals surface area contributed by atoms with Gasteiger partial charge in [0.25, 0.3) is 0 Å². The Bertz CT molecular complexity index is 638. The zero-order valence-corrected chi connectivity index (χ0v) is 11.3. The number of pyridine rings is 1. The molecule has 1 aliphatic carbocycles. The third-order valence-corrected chi connectivity index (χ3v) is 3.40. The van der Waals surface area contributed by atoms with Crippen LogP contribution in [0.15, 0.2) is 30.6 Å². The number of rotatable bonds is 3. The Labute approximate surface area is 119 Å². The topological polar surface area (TPSA) is 41.9 Å². The molecule has 4 nitrogen and oxygen atoms in total. The van der Waals surface area contributed by atoms with E-state index in [4.69, 9.17) is 0 Å². The maximum Gasteiger partial charge on any atom is 0.433 e. The largest absolute Gasteiger partial charge is 0.433 e. The second-order valence-electron chi connectivity index (χ2n) is 5.01. The van der Waals surface area contributed by atoms with E-state index in [9.17, 15) is 13.2 Å². The number of alkyl halides is 3. The van der Waals surface area contributed by atoms with Gasteiger partial charge in [0.05, 0.1) is 0 Å². The van der Waals surface area contributed by atoms with Crippen molar-refractivity contribution in [2.75, 3.05) is 11.9 Å². The van der Waals surface area contributed by atoms with Gasteiger partial charge in [-0.25, -0.2) is 9.97 Å². The number of hydrogen-bond acceptors (Lipinski definition) is 4. The lowest BCUT2D eigenvalue weighted by molar-refractivity contribution is -0.141. The summed E-state index contributed by atoms with van der Waals surface area (Å²) in [4.78, 5) is 13.5. The average molecular weight is 294 g/mol. The van der Waals surface area contributed by atoms with Crippen LogP contribution in [0.5, 0.6) is 0 Å². The van der Waals surface area contributed by atoms with Gasteiger partial charge in [-0.15, -0.1) is 0 Å². The van der Waals surface area contributed by atoms with Crippen molar-refractivity contribution in [1.82, 2.24) is 15.0 Å². The minimum absolute atomic E-state index is 0.0646. The van der Waals surface area contributed by atoms with Crippen molar-refractivity contribution < 1.29 is 13.2 Å². The van der Waals surface area contributed by atoms with E-state index < -0.39 is 11.9 Å². The Morgan fingerprint density at radius 3 is 2.38 bits per heavy atom. The number of hydrogen-bond donors (Lipinski definition) is 0. The van der Waals surface area contributed by atoms with Crippen molar-refractivity contribution >= 4 is 5.82 Å². The molecule has 0 bridgehead atoms. The number of aromatic nitrogens is 3. The maximum atomic E-state index is 13.0. The summed E-state index contributed by atoms with van der Waals surface area (Å²) >= 11 is 0. The van der Waals surface area contributed by atoms with Crippen LogP contribution >= 0.6 is 0 Å². The summed E-state index contributed by atoms with van der Waals surface area (Å²) in [5.41, 5.74) is -0.409. The third-order valence-electron chi connectivity index (χ3n) is 3.40. The van der Waals surface area contributed by atoms with Crippen LogP contribution in [0.4, 0.5) is 19.0 Å². The molecule has 21 heavy (non-hydrogen) atoms. The third kappa shape index (κ3) is 2.96. The average Bonchev–Trinajstić information content (AvgIpc) is 3.31. The van der Waals surface area contributed by atoms with Gasteiger partial charge in [-0.05, 0) is 25.0 Å². The first kappa shape index (κ1) is 13.8. The molecule has 1 fully saturated rings. The Morgan fingerprint density at radius 2 is 1.81 bits per heavy atom. The van der Waals surface area contributed by atoms with Gasteiger partial charge in [0.2, 0.25) is 0 Å². The van der Waals surface area contributed by atoms with Crippen molar-refractivity contribution in [1.29, 1.82) is 0 Å². The molecule has 2 aromatic heterocycles. The fraction of sp³-hybridized carbons (Fsp3) is 0.357. The van der Waals surface area contributed by atoms with Gasteiger partial charge < -0.3 is 4.90 Å². The van der Waals surface area contributed by atoms with Gasteiger partial charge in [0.15, 0.2) is 11.5 Å². The molecule has 0 spiro atoms. The smallest absolute Gasteiger partial charge is 0.357 e. The maximum absolute atomic E-state index is 13.0. The monoisotopic (exact) mass is 294 g/mol. The van der Waals surface area contributed by atoms with Crippen molar-refractivity contribution in [3.63, 3.8) is 0 Å². The van der Waals surface area contributed by atoms with Gasteiger partial charge in [-0.2, -0.15) is 13.2 Å². The standard InChI is InChI=1S/C14H13F3N4/c1-21(10-2-3-10)12-8-11(14(15,16)17)19-13(20-12)9-4-6-18-7-5-9/h4-8,10H,2-3H2,1H3. The molecule has 110 valence electrons. The lowest BCUT2D eigenvalue weighted by atomic mass is 10.2. The van der Waals surface area contributed by atoms with Gasteiger partial charge in [-0.3, -0.25) is 4.98 Å². The van der Waals surface area contributed by atoms with E-state index in [0.29, 0.717) is 11.4 Å². The van der Waals surface area contributed by atoms with Gasteiger partial charge in [0, 0.05) is 37.1 Å². The van der Waals surface area contributed by atoms with Crippen LogP contribution in [0.2, 0.25) is 0 Å². The summed E-state index contributed by atoms with van der Waals surface area (Å²) in [6, 6.07) is 4.46. The second-order valence-corrected chi connectivity index (χ2v) is 5.01. The van der Waals surface area contributed by atoms with E-state index in [0.717, 1.165) is 18.9 Å². The summed E-state index contributed by atoms with van der Waals surface area (Å²) in [6.07, 6.45) is 0.467. The first-order chi connectivity index (χ1) is 9.95. The molecule has 2 aromatic rings. The van der Waals surface area contributed by atoms with E-state index in [-0.39, 0.29) is 11.9 Å². The Hall–Kier alpha value is -2.18. The molecule has 0 amide bonds. The van der Waals surface area contributed by atoms with E-state index in [1.54, 1.807) is 24.1 Å². The Balaban J connectivity index is 2.09. The van der Waals surface area contributed by atoms with Crippen LogP contribution in [0.3, 0.4) is 0 Å². The quantitative estimate of drug-likeness (QED) is 0.872. The molecule has 0 unspecified atom stereocenters. The Morgan fingerprint density at radius 1 is 1.14 bits per heavy atom. The first-order valence-electron chi connectivity index (χ1n) is 6.54. The molecule has 2 heterocycles. The molecule has 3 rings (SSSR count). The van der Waals surface area contributed by atoms with E-state index in [2.05, 4.69) is 15.0 Å². The van der Waals surface area contributed by atoms with Crippen LogP contribution in [-0.4, -0.2) is 28.0 Å². The van der Waals surface area contributed by atoms with Gasteiger partial charge in [-0.1, -0.05) is 0 Å². The van der Waals surface area contributed by atoms with E-state index in [1.165, 1.54) is 12.4 Å². The summed E-state index contributed by atoms with van der Waals surface area (Å²) in [7, 11) is 1.76. The molecular formula is C14H13F3N4. The molecule has 1 saturated carbocycles. The molecule has 1 aliphatic rings. The molecular weight excluding hydrogens is 281 g/mol. The lowest BCUT2D eigenvalue weighted by Crippen LogP contribution is -2.22. The predicted octanol–water partition coefficient (Wildman–Crippen LogP) is 3.16. The molecule has 0 aliphatic heterocycles. The number of nitrogens with zero attached hydrogens (tertiary/aromatic N) is 4. The normalized spacial score (nSPS) is 15.0. The van der Waals surface area contributed by atoms with Crippen molar-refractivity contribution in [2.45, 2.75) is 25.1 Å². The minimum Gasteiger partial charge on any atom is -0.357 e. The molecule has 0 saturated heterocycles. The zero-order valence-electron chi connectivity index (χ0n) is 11.3. The molecule has 0 aromatic carbocycles. The van der Waals surface area contributed by atoms with Crippen LogP contribution in [0, 0.1) is 0 Å². The SMILES string of the molecule is CN(c1cc(C(F)(F)F)nc(-c2ccncc2)n1)C1CC1.